The Morgan fingerprint density at radius 3 is 2.75 bits per heavy atom. The summed E-state index contributed by atoms with van der Waals surface area (Å²) in [5.41, 5.74) is 7.03. The van der Waals surface area contributed by atoms with Gasteiger partial charge in [-0.1, -0.05) is 6.07 Å². The van der Waals surface area contributed by atoms with Crippen LogP contribution in [0.1, 0.15) is 12.0 Å². The molecule has 2 N–H and O–H groups in total. The van der Waals surface area contributed by atoms with Gasteiger partial charge in [0.25, 0.3) is 0 Å². The molecule has 0 aliphatic carbocycles. The Kier molecular flexibility index (Phi) is 4.01. The number of aryl methyl sites for hydroxylation is 1. The van der Waals surface area contributed by atoms with Crippen molar-refractivity contribution in [3.8, 4) is 0 Å². The second-order valence-electron chi connectivity index (χ2n) is 4.89. The smallest absolute Gasteiger partial charge is 0.310 e. The van der Waals surface area contributed by atoms with Crippen LogP contribution in [0.5, 0.6) is 0 Å². The van der Waals surface area contributed by atoms with E-state index in [1.807, 2.05) is 6.92 Å². The van der Waals surface area contributed by atoms with Gasteiger partial charge in [0.15, 0.2) is 0 Å². The summed E-state index contributed by atoms with van der Waals surface area (Å²) < 4.78 is 30.9. The monoisotopic (exact) mass is 298 g/mol. The zero-order valence-corrected chi connectivity index (χ0v) is 12.3. The van der Waals surface area contributed by atoms with Gasteiger partial charge < -0.3 is 10.5 Å². The third-order valence-corrected chi connectivity index (χ3v) is 5.44. The molecule has 20 heavy (non-hydrogen) atoms. The van der Waals surface area contributed by atoms with Crippen molar-refractivity contribution in [1.82, 2.24) is 4.31 Å². The molecular weight excluding hydrogens is 280 g/mol. The number of hydrogen-bond donors (Lipinski definition) is 1. The maximum atomic E-state index is 12.5. The van der Waals surface area contributed by atoms with Gasteiger partial charge >= 0.3 is 5.97 Å². The summed E-state index contributed by atoms with van der Waals surface area (Å²) in [6, 6.07) is 4.67. The molecule has 1 atom stereocenters. The minimum absolute atomic E-state index is 0.156. The molecule has 0 aromatic heterocycles. The number of carbonyl (C=O) groups excluding carboxylic acids is 1. The number of esters is 1. The zero-order chi connectivity index (χ0) is 14.9. The molecule has 0 amide bonds. The van der Waals surface area contributed by atoms with Crippen molar-refractivity contribution in [2.45, 2.75) is 18.2 Å². The van der Waals surface area contributed by atoms with Gasteiger partial charge in [0, 0.05) is 18.8 Å². The van der Waals surface area contributed by atoms with E-state index in [-0.39, 0.29) is 17.4 Å². The molecule has 7 heteroatoms. The molecule has 1 aromatic carbocycles. The molecule has 0 bridgehead atoms. The number of benzene rings is 1. The van der Waals surface area contributed by atoms with E-state index in [2.05, 4.69) is 4.74 Å². The fourth-order valence-corrected chi connectivity index (χ4v) is 3.77. The largest absolute Gasteiger partial charge is 0.469 e. The lowest BCUT2D eigenvalue weighted by Gasteiger charge is -2.16. The number of nitrogen functional groups attached to an aromatic ring is 1. The average Bonchev–Trinajstić information content (AvgIpc) is 2.91. The van der Waals surface area contributed by atoms with Crippen LogP contribution in [0.25, 0.3) is 0 Å². The number of nitrogens with zero attached hydrogens (tertiary/aromatic N) is 1. The molecule has 2 rings (SSSR count). The molecule has 1 aliphatic heterocycles. The molecule has 0 radical (unpaired) electrons. The number of rotatable bonds is 3. The van der Waals surface area contributed by atoms with Crippen molar-refractivity contribution in [2.75, 3.05) is 25.9 Å². The Morgan fingerprint density at radius 1 is 1.45 bits per heavy atom. The molecule has 6 nitrogen and oxygen atoms in total. The van der Waals surface area contributed by atoms with Crippen LogP contribution in [0.15, 0.2) is 23.1 Å². The summed E-state index contributed by atoms with van der Waals surface area (Å²) >= 11 is 0. The van der Waals surface area contributed by atoms with E-state index >= 15 is 0 Å². The van der Waals surface area contributed by atoms with Crippen molar-refractivity contribution < 1.29 is 17.9 Å². The Hall–Kier alpha value is -1.60. The van der Waals surface area contributed by atoms with Gasteiger partial charge in [0.2, 0.25) is 10.0 Å². The molecule has 1 heterocycles. The van der Waals surface area contributed by atoms with Gasteiger partial charge in [-0.2, -0.15) is 4.31 Å². The van der Waals surface area contributed by atoms with Crippen molar-refractivity contribution in [3.05, 3.63) is 23.8 Å². The zero-order valence-electron chi connectivity index (χ0n) is 11.5. The molecule has 0 spiro atoms. The highest BCUT2D eigenvalue weighted by Crippen LogP contribution is 2.26. The normalized spacial score (nSPS) is 20.0. The van der Waals surface area contributed by atoms with Crippen LogP contribution in [-0.2, 0) is 19.6 Å². The Morgan fingerprint density at radius 2 is 2.15 bits per heavy atom. The number of hydrogen-bond acceptors (Lipinski definition) is 5. The predicted molar refractivity (Wildman–Crippen MR) is 74.5 cm³/mol. The first kappa shape index (κ1) is 14.8. The van der Waals surface area contributed by atoms with E-state index in [1.54, 1.807) is 6.07 Å². The summed E-state index contributed by atoms with van der Waals surface area (Å²) in [7, 11) is -2.30. The number of methoxy groups -OCH3 is 1. The summed E-state index contributed by atoms with van der Waals surface area (Å²) in [5.74, 6) is -0.760. The van der Waals surface area contributed by atoms with E-state index in [9.17, 15) is 13.2 Å². The highest BCUT2D eigenvalue weighted by atomic mass is 32.2. The molecule has 1 aromatic rings. The van der Waals surface area contributed by atoms with E-state index in [4.69, 9.17) is 5.73 Å². The summed E-state index contributed by atoms with van der Waals surface area (Å²) in [4.78, 5) is 11.6. The van der Waals surface area contributed by atoms with E-state index in [0.29, 0.717) is 18.7 Å². The van der Waals surface area contributed by atoms with Crippen LogP contribution in [0.3, 0.4) is 0 Å². The van der Waals surface area contributed by atoms with Crippen LogP contribution < -0.4 is 5.73 Å². The Bertz CT molecular complexity index is 627. The van der Waals surface area contributed by atoms with Crippen molar-refractivity contribution in [1.29, 1.82) is 0 Å². The van der Waals surface area contributed by atoms with E-state index < -0.39 is 15.9 Å². The molecule has 1 fully saturated rings. The van der Waals surface area contributed by atoms with Crippen molar-refractivity contribution in [3.63, 3.8) is 0 Å². The van der Waals surface area contributed by atoms with Crippen LogP contribution in [0.2, 0.25) is 0 Å². The molecule has 110 valence electrons. The van der Waals surface area contributed by atoms with Gasteiger partial charge in [0.1, 0.15) is 0 Å². The van der Waals surface area contributed by atoms with Crippen LogP contribution >= 0.6 is 0 Å². The van der Waals surface area contributed by atoms with Crippen LogP contribution in [0, 0.1) is 12.8 Å². The number of sulfonamides is 1. The number of anilines is 1. The fraction of sp³-hybridized carbons (Fsp3) is 0.462. The maximum Gasteiger partial charge on any atom is 0.310 e. The lowest BCUT2D eigenvalue weighted by Crippen LogP contribution is -2.30. The topological polar surface area (TPSA) is 89.7 Å². The molecule has 0 saturated carbocycles. The van der Waals surface area contributed by atoms with Gasteiger partial charge in [-0.3, -0.25) is 4.79 Å². The summed E-state index contributed by atoms with van der Waals surface area (Å²) in [5, 5.41) is 0. The number of nitrogens with two attached hydrogens (primary N) is 1. The highest BCUT2D eigenvalue weighted by Gasteiger charge is 2.36. The third-order valence-electron chi connectivity index (χ3n) is 3.57. The van der Waals surface area contributed by atoms with Crippen molar-refractivity contribution in [2.24, 2.45) is 5.92 Å². The van der Waals surface area contributed by atoms with Gasteiger partial charge in [-0.05, 0) is 31.0 Å². The van der Waals surface area contributed by atoms with Crippen LogP contribution in [0.4, 0.5) is 5.69 Å². The first-order chi connectivity index (χ1) is 9.36. The number of ether oxygens (including phenoxy) is 1. The highest BCUT2D eigenvalue weighted by molar-refractivity contribution is 7.89. The van der Waals surface area contributed by atoms with Crippen molar-refractivity contribution >= 4 is 21.7 Å². The second-order valence-corrected chi connectivity index (χ2v) is 6.83. The summed E-state index contributed by atoms with van der Waals surface area (Å²) in [6.45, 7) is 2.29. The molecule has 1 unspecified atom stereocenters. The fourth-order valence-electron chi connectivity index (χ4n) is 2.23. The average molecular weight is 298 g/mol. The van der Waals surface area contributed by atoms with E-state index in [0.717, 1.165) is 5.56 Å². The Labute approximate surface area is 118 Å². The van der Waals surface area contributed by atoms with Gasteiger partial charge in [0.05, 0.1) is 17.9 Å². The minimum Gasteiger partial charge on any atom is -0.469 e. The van der Waals surface area contributed by atoms with Crippen LogP contribution in [-0.4, -0.2) is 38.9 Å². The first-order valence-electron chi connectivity index (χ1n) is 6.30. The molecule has 1 saturated heterocycles. The van der Waals surface area contributed by atoms with Gasteiger partial charge in [-0.25, -0.2) is 8.42 Å². The first-order valence-corrected chi connectivity index (χ1v) is 7.74. The molecular formula is C13H18N2O4S. The van der Waals surface area contributed by atoms with E-state index in [1.165, 1.54) is 23.5 Å². The second kappa shape index (κ2) is 5.41. The molecule has 1 aliphatic rings. The predicted octanol–water partition coefficient (Wildman–Crippen LogP) is 0.761. The maximum absolute atomic E-state index is 12.5. The Balaban J connectivity index is 2.23. The number of carbonyl (C=O) groups is 1. The minimum atomic E-state index is -3.61. The lowest BCUT2D eigenvalue weighted by molar-refractivity contribution is -0.144. The quantitative estimate of drug-likeness (QED) is 0.657. The standard InChI is InChI=1S/C13H18N2O4S/c1-9-3-4-11(7-12(9)14)20(17,18)15-6-5-10(8-15)13(16)19-2/h3-4,7,10H,5-6,8,14H2,1-2H3. The lowest BCUT2D eigenvalue weighted by atomic mass is 10.1. The SMILES string of the molecule is COC(=O)C1CCN(S(=O)(=O)c2ccc(C)c(N)c2)C1. The van der Waals surface area contributed by atoms with Gasteiger partial charge in [-0.15, -0.1) is 0 Å². The summed E-state index contributed by atoms with van der Waals surface area (Å²) in [6.07, 6.45) is 0.479. The third kappa shape index (κ3) is 2.64.